The number of para-hydroxylation sites is 1. The number of amides is 1. The topological polar surface area (TPSA) is 50.8 Å². The molecule has 1 aromatic rings. The third-order valence-electron chi connectivity index (χ3n) is 4.22. The van der Waals surface area contributed by atoms with E-state index in [2.05, 4.69) is 17.1 Å². The van der Waals surface area contributed by atoms with Crippen molar-refractivity contribution in [2.24, 2.45) is 5.92 Å². The van der Waals surface area contributed by atoms with Crippen molar-refractivity contribution in [1.82, 2.24) is 10.2 Å². The minimum atomic E-state index is 0.107. The summed E-state index contributed by atoms with van der Waals surface area (Å²) in [6.45, 7) is 10.2. The number of hydrogen-bond acceptors (Lipinski definition) is 4. The van der Waals surface area contributed by atoms with Crippen LogP contribution in [-0.4, -0.2) is 56.8 Å². The number of nitrogens with zero attached hydrogens (tertiary/aromatic N) is 1. The van der Waals surface area contributed by atoms with Crippen LogP contribution in [0.3, 0.4) is 0 Å². The maximum atomic E-state index is 12.1. The zero-order valence-electron chi connectivity index (χ0n) is 14.9. The van der Waals surface area contributed by atoms with Crippen LogP contribution >= 0.6 is 0 Å². The minimum Gasteiger partial charge on any atom is -0.494 e. The van der Waals surface area contributed by atoms with E-state index < -0.39 is 0 Å². The van der Waals surface area contributed by atoms with E-state index in [1.54, 1.807) is 0 Å². The van der Waals surface area contributed by atoms with E-state index in [1.807, 2.05) is 31.2 Å². The lowest BCUT2D eigenvalue weighted by Gasteiger charge is -2.29. The molecule has 24 heavy (non-hydrogen) atoms. The van der Waals surface area contributed by atoms with Gasteiger partial charge in [-0.1, -0.05) is 25.1 Å². The average molecular weight is 334 g/mol. The van der Waals surface area contributed by atoms with Crippen LogP contribution in [0, 0.1) is 5.92 Å². The minimum absolute atomic E-state index is 0.107. The highest BCUT2D eigenvalue weighted by atomic mass is 16.5. The van der Waals surface area contributed by atoms with Crippen molar-refractivity contribution >= 4 is 5.91 Å². The number of carbonyl (C=O) groups is 1. The van der Waals surface area contributed by atoms with Crippen molar-refractivity contribution in [2.75, 3.05) is 46.0 Å². The lowest BCUT2D eigenvalue weighted by atomic mass is 10.1. The van der Waals surface area contributed by atoms with Crippen LogP contribution in [0.1, 0.15) is 25.8 Å². The number of ether oxygens (including phenoxy) is 2. The van der Waals surface area contributed by atoms with Gasteiger partial charge in [-0.25, -0.2) is 0 Å². The number of nitrogens with one attached hydrogen (secondary N) is 1. The Hall–Kier alpha value is -1.59. The number of rotatable bonds is 9. The lowest BCUT2D eigenvalue weighted by molar-refractivity contribution is -0.121. The molecule has 1 atom stereocenters. The molecular formula is C19H30N2O3. The number of morpholine rings is 1. The van der Waals surface area contributed by atoms with Crippen molar-refractivity contribution in [1.29, 1.82) is 0 Å². The van der Waals surface area contributed by atoms with Crippen LogP contribution in [0.25, 0.3) is 0 Å². The molecule has 0 radical (unpaired) electrons. The average Bonchev–Trinajstić information content (AvgIpc) is 2.60. The van der Waals surface area contributed by atoms with Crippen LogP contribution in [0.5, 0.6) is 5.75 Å². The summed E-state index contributed by atoms with van der Waals surface area (Å²) < 4.78 is 11.0. The Bertz CT molecular complexity index is 501. The summed E-state index contributed by atoms with van der Waals surface area (Å²) in [6, 6.07) is 7.93. The maximum absolute atomic E-state index is 12.1. The summed E-state index contributed by atoms with van der Waals surface area (Å²) in [7, 11) is 0. The predicted molar refractivity (Wildman–Crippen MR) is 95.4 cm³/mol. The van der Waals surface area contributed by atoms with Gasteiger partial charge in [0, 0.05) is 32.6 Å². The lowest BCUT2D eigenvalue weighted by Crippen LogP contribution is -2.41. The van der Waals surface area contributed by atoms with E-state index in [0.717, 1.165) is 50.7 Å². The van der Waals surface area contributed by atoms with Gasteiger partial charge in [0.05, 0.1) is 19.8 Å². The molecule has 1 unspecified atom stereocenters. The summed E-state index contributed by atoms with van der Waals surface area (Å²) in [5, 5.41) is 3.06. The molecule has 1 amide bonds. The largest absolute Gasteiger partial charge is 0.494 e. The van der Waals surface area contributed by atoms with Crippen LogP contribution in [-0.2, 0) is 16.0 Å². The van der Waals surface area contributed by atoms with Gasteiger partial charge in [-0.2, -0.15) is 0 Å². The van der Waals surface area contributed by atoms with Crippen LogP contribution < -0.4 is 10.1 Å². The SMILES string of the molecule is CCOc1ccccc1CCC(=O)NCC(C)CN1CCOCC1. The first-order valence-electron chi connectivity index (χ1n) is 8.96. The highest BCUT2D eigenvalue weighted by molar-refractivity contribution is 5.76. The normalized spacial score (nSPS) is 16.6. The first kappa shape index (κ1) is 18.7. The molecule has 1 aliphatic rings. The summed E-state index contributed by atoms with van der Waals surface area (Å²) in [4.78, 5) is 14.5. The summed E-state index contributed by atoms with van der Waals surface area (Å²) >= 11 is 0. The number of carbonyl (C=O) groups excluding carboxylic acids is 1. The van der Waals surface area contributed by atoms with E-state index in [9.17, 15) is 4.79 Å². The molecule has 2 rings (SSSR count). The Morgan fingerprint density at radius 1 is 1.33 bits per heavy atom. The monoisotopic (exact) mass is 334 g/mol. The molecule has 1 N–H and O–H groups in total. The molecule has 1 aromatic carbocycles. The zero-order chi connectivity index (χ0) is 17.2. The van der Waals surface area contributed by atoms with Crippen LogP contribution in [0.15, 0.2) is 24.3 Å². The Kier molecular flexibility index (Phi) is 8.05. The van der Waals surface area contributed by atoms with E-state index in [0.29, 0.717) is 25.4 Å². The van der Waals surface area contributed by atoms with Crippen molar-refractivity contribution in [3.8, 4) is 5.75 Å². The zero-order valence-corrected chi connectivity index (χ0v) is 14.9. The van der Waals surface area contributed by atoms with Gasteiger partial charge in [0.1, 0.15) is 5.75 Å². The van der Waals surface area contributed by atoms with E-state index in [4.69, 9.17) is 9.47 Å². The third kappa shape index (κ3) is 6.49. The first-order chi connectivity index (χ1) is 11.7. The molecule has 134 valence electrons. The molecule has 1 heterocycles. The second kappa shape index (κ2) is 10.3. The molecule has 5 heteroatoms. The molecule has 0 bridgehead atoms. The highest BCUT2D eigenvalue weighted by Crippen LogP contribution is 2.19. The van der Waals surface area contributed by atoms with Crippen molar-refractivity contribution in [3.63, 3.8) is 0 Å². The summed E-state index contributed by atoms with van der Waals surface area (Å²) in [5.74, 6) is 1.44. The molecule has 1 saturated heterocycles. The van der Waals surface area contributed by atoms with E-state index in [1.165, 1.54) is 0 Å². The summed E-state index contributed by atoms with van der Waals surface area (Å²) in [6.07, 6.45) is 1.20. The number of aryl methyl sites for hydroxylation is 1. The summed E-state index contributed by atoms with van der Waals surface area (Å²) in [5.41, 5.74) is 1.09. The van der Waals surface area contributed by atoms with E-state index in [-0.39, 0.29) is 5.91 Å². The smallest absolute Gasteiger partial charge is 0.220 e. The maximum Gasteiger partial charge on any atom is 0.220 e. The number of hydrogen-bond donors (Lipinski definition) is 1. The van der Waals surface area contributed by atoms with Gasteiger partial charge in [-0.15, -0.1) is 0 Å². The van der Waals surface area contributed by atoms with Gasteiger partial charge < -0.3 is 14.8 Å². The van der Waals surface area contributed by atoms with Crippen LogP contribution in [0.2, 0.25) is 0 Å². The molecular weight excluding hydrogens is 304 g/mol. The first-order valence-corrected chi connectivity index (χ1v) is 8.96. The standard InChI is InChI=1S/C19H30N2O3/c1-3-24-18-7-5-4-6-17(18)8-9-19(22)20-14-16(2)15-21-10-12-23-13-11-21/h4-7,16H,3,8-15H2,1-2H3,(H,20,22). The quantitative estimate of drug-likeness (QED) is 0.751. The van der Waals surface area contributed by atoms with Gasteiger partial charge in [0.15, 0.2) is 0 Å². The van der Waals surface area contributed by atoms with Gasteiger partial charge in [0.2, 0.25) is 5.91 Å². The fourth-order valence-electron chi connectivity index (χ4n) is 2.92. The molecule has 0 aromatic heterocycles. The molecule has 5 nitrogen and oxygen atoms in total. The van der Waals surface area contributed by atoms with E-state index >= 15 is 0 Å². The highest BCUT2D eigenvalue weighted by Gasteiger charge is 2.14. The van der Waals surface area contributed by atoms with Crippen molar-refractivity contribution < 1.29 is 14.3 Å². The molecule has 0 spiro atoms. The number of benzene rings is 1. The fourth-order valence-corrected chi connectivity index (χ4v) is 2.92. The van der Waals surface area contributed by atoms with Crippen molar-refractivity contribution in [2.45, 2.75) is 26.7 Å². The Labute approximate surface area is 145 Å². The van der Waals surface area contributed by atoms with Gasteiger partial charge >= 0.3 is 0 Å². The van der Waals surface area contributed by atoms with Gasteiger partial charge in [0.25, 0.3) is 0 Å². The molecule has 1 fully saturated rings. The molecule has 0 saturated carbocycles. The second-order valence-corrected chi connectivity index (χ2v) is 6.36. The van der Waals surface area contributed by atoms with Gasteiger partial charge in [-0.3, -0.25) is 9.69 Å². The predicted octanol–water partition coefficient (Wildman–Crippen LogP) is 2.10. The second-order valence-electron chi connectivity index (χ2n) is 6.36. The molecule has 0 aliphatic carbocycles. The Morgan fingerprint density at radius 2 is 2.08 bits per heavy atom. The third-order valence-corrected chi connectivity index (χ3v) is 4.22. The Balaban J connectivity index is 1.67. The fraction of sp³-hybridized carbons (Fsp3) is 0.632. The van der Waals surface area contributed by atoms with Crippen LogP contribution in [0.4, 0.5) is 0 Å². The molecule has 1 aliphatic heterocycles. The van der Waals surface area contributed by atoms with Crippen molar-refractivity contribution in [3.05, 3.63) is 29.8 Å². The Morgan fingerprint density at radius 3 is 2.83 bits per heavy atom. The van der Waals surface area contributed by atoms with Gasteiger partial charge in [-0.05, 0) is 30.9 Å².